The number of pyridine rings is 1. The zero-order chi connectivity index (χ0) is 13.1. The molecule has 2 aromatic rings. The van der Waals surface area contributed by atoms with Gasteiger partial charge in [0.2, 0.25) is 0 Å². The molecule has 3 heteroatoms. The third-order valence-corrected chi connectivity index (χ3v) is 3.02. The second kappa shape index (κ2) is 5.19. The highest BCUT2D eigenvalue weighted by Gasteiger charge is 2.16. The van der Waals surface area contributed by atoms with Crippen LogP contribution in [0.4, 0.5) is 0 Å². The van der Waals surface area contributed by atoms with E-state index < -0.39 is 0 Å². The van der Waals surface area contributed by atoms with E-state index in [1.54, 1.807) is 7.11 Å². The van der Waals surface area contributed by atoms with E-state index >= 15 is 0 Å². The number of rotatable bonds is 3. The second-order valence-electron chi connectivity index (χ2n) is 4.43. The molecule has 2 N–H and O–H groups in total. The third kappa shape index (κ3) is 2.36. The molecule has 1 unspecified atom stereocenters. The maximum absolute atomic E-state index is 6.30. The van der Waals surface area contributed by atoms with E-state index in [1.165, 1.54) is 0 Å². The summed E-state index contributed by atoms with van der Waals surface area (Å²) in [5.41, 5.74) is 10.4. The summed E-state index contributed by atoms with van der Waals surface area (Å²) in [5, 5.41) is 0. The van der Waals surface area contributed by atoms with E-state index in [9.17, 15) is 0 Å². The number of methoxy groups -OCH3 is 1. The van der Waals surface area contributed by atoms with Gasteiger partial charge in [-0.15, -0.1) is 0 Å². The van der Waals surface area contributed by atoms with Gasteiger partial charge in [0.1, 0.15) is 5.75 Å². The Morgan fingerprint density at radius 2 is 1.94 bits per heavy atom. The molecule has 0 aliphatic heterocycles. The Morgan fingerprint density at radius 3 is 2.61 bits per heavy atom. The summed E-state index contributed by atoms with van der Waals surface area (Å²) in [6, 6.07) is 9.62. The van der Waals surface area contributed by atoms with Gasteiger partial charge >= 0.3 is 0 Å². The number of nitrogens with zero attached hydrogens (tertiary/aromatic N) is 1. The van der Waals surface area contributed by atoms with Crippen LogP contribution in [0.2, 0.25) is 0 Å². The Hall–Kier alpha value is -1.87. The molecule has 0 fully saturated rings. The number of aromatic nitrogens is 1. The highest BCUT2D eigenvalue weighted by atomic mass is 16.5. The number of para-hydroxylation sites is 1. The molecule has 94 valence electrons. The van der Waals surface area contributed by atoms with Crippen molar-refractivity contribution in [3.63, 3.8) is 0 Å². The zero-order valence-electron chi connectivity index (χ0n) is 11.0. The van der Waals surface area contributed by atoms with Crippen molar-refractivity contribution in [1.29, 1.82) is 0 Å². The van der Waals surface area contributed by atoms with Gasteiger partial charge in [-0.05, 0) is 31.0 Å². The molecule has 1 atom stereocenters. The van der Waals surface area contributed by atoms with Crippen LogP contribution in [0, 0.1) is 13.8 Å². The van der Waals surface area contributed by atoms with Crippen molar-refractivity contribution in [2.45, 2.75) is 19.9 Å². The standard InChI is InChI=1S/C15H18N2O/c1-10-8-11(2)15(17-9-10)14(16)12-6-4-5-7-13(12)18-3/h4-9,14H,16H2,1-3H3. The maximum Gasteiger partial charge on any atom is 0.124 e. The van der Waals surface area contributed by atoms with Crippen molar-refractivity contribution in [2.24, 2.45) is 5.73 Å². The molecule has 3 nitrogen and oxygen atoms in total. The molecule has 1 heterocycles. The lowest BCUT2D eigenvalue weighted by Crippen LogP contribution is -2.16. The molecule has 1 aromatic carbocycles. The van der Waals surface area contributed by atoms with Crippen LogP contribution in [0.25, 0.3) is 0 Å². The highest BCUT2D eigenvalue weighted by Crippen LogP contribution is 2.28. The van der Waals surface area contributed by atoms with Gasteiger partial charge in [-0.3, -0.25) is 4.98 Å². The Labute approximate surface area is 108 Å². The molecule has 0 bridgehead atoms. The van der Waals surface area contributed by atoms with Crippen LogP contribution in [0.3, 0.4) is 0 Å². The Bertz CT molecular complexity index is 552. The molecule has 0 amide bonds. The normalized spacial score (nSPS) is 12.2. The number of ether oxygens (including phenoxy) is 1. The maximum atomic E-state index is 6.30. The van der Waals surface area contributed by atoms with Gasteiger partial charge in [-0.2, -0.15) is 0 Å². The van der Waals surface area contributed by atoms with Gasteiger partial charge in [-0.1, -0.05) is 24.3 Å². The smallest absolute Gasteiger partial charge is 0.124 e. The monoisotopic (exact) mass is 242 g/mol. The number of benzene rings is 1. The van der Waals surface area contributed by atoms with Gasteiger partial charge in [0.25, 0.3) is 0 Å². The predicted molar refractivity (Wildman–Crippen MR) is 72.7 cm³/mol. The van der Waals surface area contributed by atoms with Crippen molar-refractivity contribution in [1.82, 2.24) is 4.98 Å². The summed E-state index contributed by atoms with van der Waals surface area (Å²) >= 11 is 0. The van der Waals surface area contributed by atoms with Crippen LogP contribution < -0.4 is 10.5 Å². The quantitative estimate of drug-likeness (QED) is 0.900. The first kappa shape index (κ1) is 12.6. The average molecular weight is 242 g/mol. The van der Waals surface area contributed by atoms with E-state index in [4.69, 9.17) is 10.5 Å². The number of hydrogen-bond acceptors (Lipinski definition) is 3. The summed E-state index contributed by atoms with van der Waals surface area (Å²) in [6.07, 6.45) is 1.84. The van der Waals surface area contributed by atoms with Crippen molar-refractivity contribution < 1.29 is 4.74 Å². The molecule has 0 aliphatic carbocycles. The molecule has 1 aromatic heterocycles. The van der Waals surface area contributed by atoms with E-state index in [1.807, 2.05) is 44.3 Å². The summed E-state index contributed by atoms with van der Waals surface area (Å²) in [6.45, 7) is 4.06. The largest absolute Gasteiger partial charge is 0.496 e. The minimum atomic E-state index is -0.262. The van der Waals surface area contributed by atoms with Crippen molar-refractivity contribution in [2.75, 3.05) is 7.11 Å². The van der Waals surface area contributed by atoms with Crippen LogP contribution in [-0.2, 0) is 0 Å². The van der Waals surface area contributed by atoms with E-state index in [0.29, 0.717) is 0 Å². The Morgan fingerprint density at radius 1 is 1.22 bits per heavy atom. The van der Waals surface area contributed by atoms with Gasteiger partial charge in [0.05, 0.1) is 18.8 Å². The lowest BCUT2D eigenvalue weighted by molar-refractivity contribution is 0.407. The molecule has 0 spiro atoms. The molecule has 0 saturated carbocycles. The molecule has 0 radical (unpaired) electrons. The van der Waals surface area contributed by atoms with Crippen LogP contribution >= 0.6 is 0 Å². The van der Waals surface area contributed by atoms with Gasteiger partial charge in [-0.25, -0.2) is 0 Å². The Kier molecular flexibility index (Phi) is 3.63. The van der Waals surface area contributed by atoms with E-state index in [2.05, 4.69) is 11.1 Å². The average Bonchev–Trinajstić information content (AvgIpc) is 2.38. The fraction of sp³-hybridized carbons (Fsp3) is 0.267. The summed E-state index contributed by atoms with van der Waals surface area (Å²) in [5.74, 6) is 0.798. The number of aryl methyl sites for hydroxylation is 2. The number of hydrogen-bond donors (Lipinski definition) is 1. The van der Waals surface area contributed by atoms with Gasteiger partial charge < -0.3 is 10.5 Å². The van der Waals surface area contributed by atoms with Crippen molar-refractivity contribution in [3.8, 4) is 5.75 Å². The first-order valence-corrected chi connectivity index (χ1v) is 5.95. The highest BCUT2D eigenvalue weighted by molar-refractivity contribution is 5.41. The first-order chi connectivity index (χ1) is 8.63. The fourth-order valence-corrected chi connectivity index (χ4v) is 2.12. The molecule has 0 saturated heterocycles. The molecule has 2 rings (SSSR count). The van der Waals surface area contributed by atoms with Crippen LogP contribution in [0.5, 0.6) is 5.75 Å². The van der Waals surface area contributed by atoms with Gasteiger partial charge in [0, 0.05) is 11.8 Å². The van der Waals surface area contributed by atoms with Gasteiger partial charge in [0.15, 0.2) is 0 Å². The predicted octanol–water partition coefficient (Wildman–Crippen LogP) is 2.76. The first-order valence-electron chi connectivity index (χ1n) is 5.95. The minimum absolute atomic E-state index is 0.262. The van der Waals surface area contributed by atoms with Crippen LogP contribution in [0.1, 0.15) is 28.4 Å². The molecular formula is C15H18N2O. The SMILES string of the molecule is COc1ccccc1C(N)c1ncc(C)cc1C. The van der Waals surface area contributed by atoms with E-state index in [0.717, 1.165) is 28.1 Å². The minimum Gasteiger partial charge on any atom is -0.496 e. The van der Waals surface area contributed by atoms with Crippen molar-refractivity contribution in [3.05, 3.63) is 58.9 Å². The fourth-order valence-electron chi connectivity index (χ4n) is 2.12. The van der Waals surface area contributed by atoms with E-state index in [-0.39, 0.29) is 6.04 Å². The lowest BCUT2D eigenvalue weighted by atomic mass is 9.99. The van der Waals surface area contributed by atoms with Crippen LogP contribution in [-0.4, -0.2) is 12.1 Å². The summed E-state index contributed by atoms with van der Waals surface area (Å²) in [7, 11) is 1.65. The van der Waals surface area contributed by atoms with Crippen molar-refractivity contribution >= 4 is 0 Å². The second-order valence-corrected chi connectivity index (χ2v) is 4.43. The zero-order valence-corrected chi connectivity index (χ0v) is 11.0. The number of nitrogens with two attached hydrogens (primary N) is 1. The molecular weight excluding hydrogens is 224 g/mol. The molecule has 18 heavy (non-hydrogen) atoms. The topological polar surface area (TPSA) is 48.1 Å². The lowest BCUT2D eigenvalue weighted by Gasteiger charge is -2.17. The van der Waals surface area contributed by atoms with Crippen LogP contribution in [0.15, 0.2) is 36.5 Å². The summed E-state index contributed by atoms with van der Waals surface area (Å²) in [4.78, 5) is 4.45. The Balaban J connectivity index is 2.44. The third-order valence-electron chi connectivity index (χ3n) is 3.02. The summed E-state index contributed by atoms with van der Waals surface area (Å²) < 4.78 is 5.34. The molecule has 0 aliphatic rings.